The molecule has 0 saturated carbocycles. The predicted octanol–water partition coefficient (Wildman–Crippen LogP) is 4.79. The Balaban J connectivity index is 1.98. The van der Waals surface area contributed by atoms with Crippen molar-refractivity contribution in [1.29, 1.82) is 0 Å². The number of benzene rings is 2. The summed E-state index contributed by atoms with van der Waals surface area (Å²) in [6.45, 7) is 0. The normalized spacial score (nSPS) is 10.9. The minimum atomic E-state index is 0.781. The second-order valence-electron chi connectivity index (χ2n) is 3.74. The Kier molecular flexibility index (Phi) is 3.28. The number of hydrogen-bond donors (Lipinski definition) is 1. The van der Waals surface area contributed by atoms with Gasteiger partial charge in [-0.2, -0.15) is 0 Å². The molecule has 2 aromatic carbocycles. The molecule has 3 rings (SSSR count). The van der Waals surface area contributed by atoms with Gasteiger partial charge in [-0.1, -0.05) is 23.9 Å². The molecule has 1 aromatic heterocycles. The molecule has 0 amide bonds. The summed E-state index contributed by atoms with van der Waals surface area (Å²) in [7, 11) is 0. The van der Waals surface area contributed by atoms with Crippen LogP contribution in [-0.4, -0.2) is 4.98 Å². The van der Waals surface area contributed by atoms with Gasteiger partial charge in [0.25, 0.3) is 0 Å². The molecular formula is C13H9BrN2S2. The van der Waals surface area contributed by atoms with E-state index in [0.717, 1.165) is 24.7 Å². The molecule has 2 nitrogen and oxygen atoms in total. The fourth-order valence-corrected chi connectivity index (χ4v) is 4.21. The van der Waals surface area contributed by atoms with E-state index in [1.54, 1.807) is 23.1 Å². The summed E-state index contributed by atoms with van der Waals surface area (Å²) >= 11 is 6.88. The summed E-state index contributed by atoms with van der Waals surface area (Å²) in [5.41, 5.74) is 7.56. The van der Waals surface area contributed by atoms with Gasteiger partial charge in [0, 0.05) is 15.1 Å². The fourth-order valence-electron chi connectivity index (χ4n) is 1.59. The van der Waals surface area contributed by atoms with Gasteiger partial charge in [0.1, 0.15) is 0 Å². The number of nitrogens with zero attached hydrogens (tertiary/aromatic N) is 1. The molecule has 90 valence electrons. The molecule has 0 unspecified atom stereocenters. The van der Waals surface area contributed by atoms with Crippen molar-refractivity contribution in [3.63, 3.8) is 0 Å². The molecule has 0 radical (unpaired) electrons. The summed E-state index contributed by atoms with van der Waals surface area (Å²) in [6, 6.07) is 14.0. The average Bonchev–Trinajstić information content (AvgIpc) is 2.73. The summed E-state index contributed by atoms with van der Waals surface area (Å²) in [5, 5.41) is 0. The number of nitrogens with two attached hydrogens (primary N) is 1. The number of halogens is 1. The highest BCUT2D eigenvalue weighted by Gasteiger charge is 2.07. The molecule has 0 spiro atoms. The van der Waals surface area contributed by atoms with E-state index >= 15 is 0 Å². The Morgan fingerprint density at radius 3 is 2.83 bits per heavy atom. The largest absolute Gasteiger partial charge is 0.399 e. The summed E-state index contributed by atoms with van der Waals surface area (Å²) in [4.78, 5) is 5.77. The lowest BCUT2D eigenvalue weighted by atomic mass is 10.3. The second-order valence-corrected chi connectivity index (χ2v) is 6.91. The van der Waals surface area contributed by atoms with Crippen LogP contribution in [-0.2, 0) is 0 Å². The third-order valence-electron chi connectivity index (χ3n) is 2.43. The molecule has 0 aliphatic rings. The van der Waals surface area contributed by atoms with Gasteiger partial charge in [-0.3, -0.25) is 0 Å². The van der Waals surface area contributed by atoms with Gasteiger partial charge < -0.3 is 5.73 Å². The van der Waals surface area contributed by atoms with E-state index in [1.807, 2.05) is 36.4 Å². The van der Waals surface area contributed by atoms with Crippen LogP contribution in [0, 0.1) is 0 Å². The van der Waals surface area contributed by atoms with Gasteiger partial charge in [-0.25, -0.2) is 4.98 Å². The quantitative estimate of drug-likeness (QED) is 0.683. The van der Waals surface area contributed by atoms with Crippen LogP contribution in [0.4, 0.5) is 5.69 Å². The molecule has 0 fully saturated rings. The van der Waals surface area contributed by atoms with Gasteiger partial charge in [0.05, 0.1) is 10.2 Å². The molecule has 5 heteroatoms. The molecule has 1 heterocycles. The summed E-state index contributed by atoms with van der Waals surface area (Å²) in [5.74, 6) is 0. The Bertz CT molecular complexity index is 709. The smallest absolute Gasteiger partial charge is 0.155 e. The molecule has 0 atom stereocenters. The van der Waals surface area contributed by atoms with Crippen LogP contribution in [0.3, 0.4) is 0 Å². The van der Waals surface area contributed by atoms with Crippen LogP contribution in [0.15, 0.2) is 56.2 Å². The SMILES string of the molecule is Nc1ccc2nc(Sc3ccccc3Br)sc2c1. The zero-order valence-electron chi connectivity index (χ0n) is 9.26. The van der Waals surface area contributed by atoms with E-state index in [1.165, 1.54) is 4.90 Å². The van der Waals surface area contributed by atoms with Gasteiger partial charge in [0.2, 0.25) is 0 Å². The fraction of sp³-hybridized carbons (Fsp3) is 0. The Morgan fingerprint density at radius 1 is 1.17 bits per heavy atom. The van der Waals surface area contributed by atoms with Crippen LogP contribution in [0.2, 0.25) is 0 Å². The number of anilines is 1. The Hall–Kier alpha value is -1.04. The van der Waals surface area contributed by atoms with Gasteiger partial charge >= 0.3 is 0 Å². The first-order valence-corrected chi connectivity index (χ1v) is 7.73. The molecule has 0 aliphatic heterocycles. The van der Waals surface area contributed by atoms with Crippen molar-refractivity contribution in [2.75, 3.05) is 5.73 Å². The molecule has 18 heavy (non-hydrogen) atoms. The first-order valence-electron chi connectivity index (χ1n) is 5.31. The first kappa shape index (κ1) is 12.0. The monoisotopic (exact) mass is 336 g/mol. The lowest BCUT2D eigenvalue weighted by Crippen LogP contribution is -1.81. The van der Waals surface area contributed by atoms with Crippen molar-refractivity contribution in [3.05, 3.63) is 46.9 Å². The van der Waals surface area contributed by atoms with E-state index < -0.39 is 0 Å². The first-order chi connectivity index (χ1) is 8.72. The summed E-state index contributed by atoms with van der Waals surface area (Å²) in [6.07, 6.45) is 0. The topological polar surface area (TPSA) is 38.9 Å². The molecule has 2 N–H and O–H groups in total. The van der Waals surface area contributed by atoms with Gasteiger partial charge in [-0.15, -0.1) is 11.3 Å². The van der Waals surface area contributed by atoms with Crippen molar-refractivity contribution in [2.45, 2.75) is 9.24 Å². The van der Waals surface area contributed by atoms with E-state index in [0.29, 0.717) is 0 Å². The van der Waals surface area contributed by atoms with E-state index in [4.69, 9.17) is 5.73 Å². The van der Waals surface area contributed by atoms with Crippen molar-refractivity contribution >= 4 is 54.9 Å². The maximum Gasteiger partial charge on any atom is 0.155 e. The lowest BCUT2D eigenvalue weighted by Gasteiger charge is -1.99. The number of fused-ring (bicyclic) bond motifs is 1. The highest BCUT2D eigenvalue weighted by atomic mass is 79.9. The lowest BCUT2D eigenvalue weighted by molar-refractivity contribution is 1.29. The highest BCUT2D eigenvalue weighted by Crippen LogP contribution is 2.37. The molecular weight excluding hydrogens is 328 g/mol. The molecule has 0 aliphatic carbocycles. The van der Waals surface area contributed by atoms with Crippen molar-refractivity contribution in [2.24, 2.45) is 0 Å². The average molecular weight is 337 g/mol. The standard InChI is InChI=1S/C13H9BrN2S2/c14-9-3-1-2-4-11(9)17-13-16-10-6-5-8(15)7-12(10)18-13/h1-7H,15H2. The third kappa shape index (κ3) is 2.39. The number of aromatic nitrogens is 1. The molecule has 0 saturated heterocycles. The van der Waals surface area contributed by atoms with E-state index in [9.17, 15) is 0 Å². The van der Waals surface area contributed by atoms with Gasteiger partial charge in [0.15, 0.2) is 4.34 Å². The summed E-state index contributed by atoms with van der Waals surface area (Å²) < 4.78 is 3.25. The van der Waals surface area contributed by atoms with Crippen LogP contribution < -0.4 is 5.73 Å². The van der Waals surface area contributed by atoms with Crippen LogP contribution in [0.25, 0.3) is 10.2 Å². The minimum Gasteiger partial charge on any atom is -0.399 e. The maximum atomic E-state index is 5.77. The number of hydrogen-bond acceptors (Lipinski definition) is 4. The van der Waals surface area contributed by atoms with E-state index in [-0.39, 0.29) is 0 Å². The third-order valence-corrected chi connectivity index (χ3v) is 5.54. The minimum absolute atomic E-state index is 0.781. The maximum absolute atomic E-state index is 5.77. The zero-order valence-corrected chi connectivity index (χ0v) is 12.5. The van der Waals surface area contributed by atoms with E-state index in [2.05, 4.69) is 27.0 Å². The van der Waals surface area contributed by atoms with Crippen LogP contribution in [0.5, 0.6) is 0 Å². The van der Waals surface area contributed by atoms with Crippen molar-refractivity contribution in [1.82, 2.24) is 4.98 Å². The van der Waals surface area contributed by atoms with Gasteiger partial charge in [-0.05, 0) is 46.3 Å². The number of rotatable bonds is 2. The number of thiazole rings is 1. The molecule has 3 aromatic rings. The zero-order chi connectivity index (χ0) is 12.5. The highest BCUT2D eigenvalue weighted by molar-refractivity contribution is 9.10. The van der Waals surface area contributed by atoms with Crippen molar-refractivity contribution < 1.29 is 0 Å². The predicted molar refractivity (Wildman–Crippen MR) is 82.3 cm³/mol. The van der Waals surface area contributed by atoms with Crippen LogP contribution in [0.1, 0.15) is 0 Å². The second kappa shape index (κ2) is 4.91. The van der Waals surface area contributed by atoms with Crippen LogP contribution >= 0.6 is 39.0 Å². The molecule has 0 bridgehead atoms. The Morgan fingerprint density at radius 2 is 2.00 bits per heavy atom. The Labute approximate surface area is 121 Å². The van der Waals surface area contributed by atoms with Crippen molar-refractivity contribution in [3.8, 4) is 0 Å². The number of nitrogen functional groups attached to an aromatic ring is 1.